The van der Waals surface area contributed by atoms with Crippen LogP contribution in [0, 0.1) is 0 Å². The Hall–Kier alpha value is -2.33. The second kappa shape index (κ2) is 10.1. The molecule has 0 aliphatic heterocycles. The van der Waals surface area contributed by atoms with E-state index in [4.69, 9.17) is 14.2 Å². The molecule has 2 aromatic rings. The summed E-state index contributed by atoms with van der Waals surface area (Å²) in [5, 5.41) is 11.4. The van der Waals surface area contributed by atoms with Gasteiger partial charge < -0.3 is 14.2 Å². The Morgan fingerprint density at radius 1 is 1.26 bits per heavy atom. The van der Waals surface area contributed by atoms with Crippen molar-refractivity contribution in [2.24, 2.45) is 0 Å². The number of benzene rings is 1. The normalized spacial score (nSPS) is 11.6. The van der Waals surface area contributed by atoms with Crippen molar-refractivity contribution < 1.29 is 23.8 Å². The minimum Gasteiger partial charge on any atom is -0.497 e. The molecular weight excluding hydrogens is 390 g/mol. The number of carbonyl (C=O) groups excluding carboxylic acids is 2. The molecule has 0 radical (unpaired) electrons. The lowest BCUT2D eigenvalue weighted by atomic mass is 10.2. The Kier molecular flexibility index (Phi) is 7.86. The topological polar surface area (TPSA) is 99.6 Å². The van der Waals surface area contributed by atoms with Gasteiger partial charge in [-0.05, 0) is 26.0 Å². The van der Waals surface area contributed by atoms with Crippen LogP contribution in [0.4, 0.5) is 5.13 Å². The van der Waals surface area contributed by atoms with Crippen molar-refractivity contribution in [2.75, 3.05) is 31.9 Å². The predicted octanol–water partition coefficient (Wildman–Crippen LogP) is 2.85. The Morgan fingerprint density at radius 3 is 2.70 bits per heavy atom. The summed E-state index contributed by atoms with van der Waals surface area (Å²) in [4.78, 5) is 23.6. The number of thioether (sulfide) groups is 1. The van der Waals surface area contributed by atoms with E-state index in [9.17, 15) is 9.59 Å². The van der Waals surface area contributed by atoms with E-state index in [-0.39, 0.29) is 17.6 Å². The lowest BCUT2D eigenvalue weighted by molar-refractivity contribution is -0.139. The molecule has 146 valence electrons. The third-order valence-electron chi connectivity index (χ3n) is 3.42. The first-order chi connectivity index (χ1) is 13.0. The van der Waals surface area contributed by atoms with E-state index in [0.717, 1.165) is 5.56 Å². The minimum absolute atomic E-state index is 0.118. The number of aromatic nitrogens is 2. The zero-order valence-corrected chi connectivity index (χ0v) is 17.1. The monoisotopic (exact) mass is 411 g/mol. The van der Waals surface area contributed by atoms with Gasteiger partial charge in [-0.25, -0.2) is 0 Å². The van der Waals surface area contributed by atoms with Crippen LogP contribution in [0.1, 0.15) is 13.8 Å². The maximum Gasteiger partial charge on any atom is 0.315 e. The molecule has 0 saturated heterocycles. The van der Waals surface area contributed by atoms with E-state index in [1.165, 1.54) is 23.1 Å². The SMILES string of the molecule is CCOC(=O)CS[C@@H](C)C(=O)Nc1nnc(-c2ccc(OC)cc2OC)s1. The van der Waals surface area contributed by atoms with Crippen LogP contribution in [0.2, 0.25) is 0 Å². The summed E-state index contributed by atoms with van der Waals surface area (Å²) in [6, 6.07) is 5.37. The third kappa shape index (κ3) is 5.83. The second-order valence-corrected chi connectivity index (χ2v) is 7.53. The number of ether oxygens (including phenoxy) is 3. The quantitative estimate of drug-likeness (QED) is 0.629. The van der Waals surface area contributed by atoms with Gasteiger partial charge >= 0.3 is 5.97 Å². The molecule has 0 bridgehead atoms. The fraction of sp³-hybridized carbons (Fsp3) is 0.412. The molecule has 0 aliphatic carbocycles. The van der Waals surface area contributed by atoms with Crippen molar-refractivity contribution in [1.29, 1.82) is 0 Å². The van der Waals surface area contributed by atoms with Crippen LogP contribution in [0.5, 0.6) is 11.5 Å². The smallest absolute Gasteiger partial charge is 0.315 e. The predicted molar refractivity (Wildman–Crippen MR) is 106 cm³/mol. The lowest BCUT2D eigenvalue weighted by Crippen LogP contribution is -2.24. The summed E-state index contributed by atoms with van der Waals surface area (Å²) >= 11 is 2.43. The van der Waals surface area contributed by atoms with E-state index >= 15 is 0 Å². The molecule has 2 rings (SSSR count). The van der Waals surface area contributed by atoms with E-state index in [1.807, 2.05) is 6.07 Å². The largest absolute Gasteiger partial charge is 0.497 e. The standard InChI is InChI=1S/C17H21N3O5S2/c1-5-25-14(21)9-26-10(2)15(22)18-17-20-19-16(27-17)12-7-6-11(23-3)8-13(12)24-4/h6-8,10H,5,9H2,1-4H3,(H,18,20,22)/t10-/m0/s1. The van der Waals surface area contributed by atoms with Crippen molar-refractivity contribution in [3.8, 4) is 22.1 Å². The molecule has 1 atom stereocenters. The van der Waals surface area contributed by atoms with Gasteiger partial charge in [0.05, 0.1) is 37.4 Å². The highest BCUT2D eigenvalue weighted by Gasteiger charge is 2.19. The van der Waals surface area contributed by atoms with Gasteiger partial charge in [0.25, 0.3) is 0 Å². The summed E-state index contributed by atoms with van der Waals surface area (Å²) in [6.07, 6.45) is 0. The number of anilines is 1. The summed E-state index contributed by atoms with van der Waals surface area (Å²) in [5.74, 6) is 0.788. The Morgan fingerprint density at radius 2 is 2.04 bits per heavy atom. The van der Waals surface area contributed by atoms with Gasteiger partial charge in [0, 0.05) is 6.07 Å². The minimum atomic E-state index is -0.433. The van der Waals surface area contributed by atoms with Gasteiger partial charge in [0.1, 0.15) is 11.5 Å². The van der Waals surface area contributed by atoms with E-state index < -0.39 is 5.25 Å². The van der Waals surface area contributed by atoms with Crippen molar-refractivity contribution in [3.63, 3.8) is 0 Å². The molecule has 1 amide bonds. The van der Waals surface area contributed by atoms with Crippen molar-refractivity contribution in [3.05, 3.63) is 18.2 Å². The fourth-order valence-corrected chi connectivity index (χ4v) is 3.49. The molecule has 0 unspecified atom stereocenters. The average Bonchev–Trinajstić information content (AvgIpc) is 3.13. The molecule has 1 N–H and O–H groups in total. The zero-order valence-electron chi connectivity index (χ0n) is 15.5. The number of rotatable bonds is 9. The van der Waals surface area contributed by atoms with Crippen molar-refractivity contribution in [1.82, 2.24) is 10.2 Å². The van der Waals surface area contributed by atoms with E-state index in [1.54, 1.807) is 40.2 Å². The molecule has 10 heteroatoms. The summed E-state index contributed by atoms with van der Waals surface area (Å²) in [7, 11) is 3.14. The number of nitrogens with zero attached hydrogens (tertiary/aromatic N) is 2. The number of methoxy groups -OCH3 is 2. The highest BCUT2D eigenvalue weighted by Crippen LogP contribution is 2.36. The summed E-state index contributed by atoms with van der Waals surface area (Å²) in [5.41, 5.74) is 0.751. The molecule has 0 fully saturated rings. The van der Waals surface area contributed by atoms with Crippen LogP contribution in [-0.4, -0.2) is 53.9 Å². The number of carbonyl (C=O) groups is 2. The van der Waals surface area contributed by atoms with Crippen LogP contribution in [0.25, 0.3) is 10.6 Å². The van der Waals surface area contributed by atoms with Gasteiger partial charge in [-0.2, -0.15) is 0 Å². The molecular formula is C17H21N3O5S2. The zero-order chi connectivity index (χ0) is 19.8. The van der Waals surface area contributed by atoms with Crippen LogP contribution < -0.4 is 14.8 Å². The third-order valence-corrected chi connectivity index (χ3v) is 5.41. The second-order valence-electron chi connectivity index (χ2n) is 5.23. The number of hydrogen-bond donors (Lipinski definition) is 1. The maximum atomic E-state index is 12.2. The first-order valence-corrected chi connectivity index (χ1v) is 9.99. The maximum absolute atomic E-state index is 12.2. The van der Waals surface area contributed by atoms with Crippen LogP contribution in [0.3, 0.4) is 0 Å². The molecule has 0 spiro atoms. The number of esters is 1. The Balaban J connectivity index is 2.01. The number of hydrogen-bond acceptors (Lipinski definition) is 9. The number of amides is 1. The molecule has 27 heavy (non-hydrogen) atoms. The van der Waals surface area contributed by atoms with Gasteiger partial charge in [0.2, 0.25) is 11.0 Å². The van der Waals surface area contributed by atoms with Gasteiger partial charge in [-0.1, -0.05) is 11.3 Å². The average molecular weight is 412 g/mol. The van der Waals surface area contributed by atoms with Crippen LogP contribution >= 0.6 is 23.1 Å². The van der Waals surface area contributed by atoms with Crippen LogP contribution in [0.15, 0.2) is 18.2 Å². The lowest BCUT2D eigenvalue weighted by Gasteiger charge is -2.09. The molecule has 1 heterocycles. The molecule has 1 aromatic heterocycles. The first kappa shape index (κ1) is 21.0. The summed E-state index contributed by atoms with van der Waals surface area (Å²) < 4.78 is 15.4. The van der Waals surface area contributed by atoms with Gasteiger partial charge in [-0.3, -0.25) is 14.9 Å². The molecule has 0 aliphatic rings. The van der Waals surface area contributed by atoms with Crippen molar-refractivity contribution in [2.45, 2.75) is 19.1 Å². The van der Waals surface area contributed by atoms with Gasteiger partial charge in [0.15, 0.2) is 5.01 Å². The van der Waals surface area contributed by atoms with Crippen molar-refractivity contribution >= 4 is 40.1 Å². The number of nitrogens with one attached hydrogen (secondary N) is 1. The molecule has 8 nitrogen and oxygen atoms in total. The summed E-state index contributed by atoms with van der Waals surface area (Å²) in [6.45, 7) is 3.78. The van der Waals surface area contributed by atoms with E-state index in [0.29, 0.717) is 28.2 Å². The Labute approximate surface area is 165 Å². The first-order valence-electron chi connectivity index (χ1n) is 8.12. The Bertz CT molecular complexity index is 797. The molecule has 0 saturated carbocycles. The van der Waals surface area contributed by atoms with Gasteiger partial charge in [-0.15, -0.1) is 22.0 Å². The van der Waals surface area contributed by atoms with Crippen LogP contribution in [-0.2, 0) is 14.3 Å². The van der Waals surface area contributed by atoms with E-state index in [2.05, 4.69) is 15.5 Å². The highest BCUT2D eigenvalue weighted by atomic mass is 32.2. The molecule has 1 aromatic carbocycles. The highest BCUT2D eigenvalue weighted by molar-refractivity contribution is 8.01. The fourth-order valence-electron chi connectivity index (χ4n) is 2.04.